The second-order valence-corrected chi connectivity index (χ2v) is 7.20. The fraction of sp³-hybridized carbons (Fsp3) is 0.455. The SMILES string of the molecule is O=S(=O)(CC1CCCN1)Nc1cccc(I)c1. The Morgan fingerprint density at radius 2 is 2.29 bits per heavy atom. The quantitative estimate of drug-likeness (QED) is 0.799. The molecule has 1 aliphatic heterocycles. The van der Waals surface area contributed by atoms with Crippen LogP contribution in [-0.2, 0) is 10.0 Å². The molecule has 1 aromatic rings. The zero-order valence-electron chi connectivity index (χ0n) is 9.32. The summed E-state index contributed by atoms with van der Waals surface area (Å²) < 4.78 is 27.5. The Kier molecular flexibility index (Phi) is 4.26. The van der Waals surface area contributed by atoms with Crippen molar-refractivity contribution in [2.24, 2.45) is 0 Å². The number of hydrogen-bond donors (Lipinski definition) is 2. The summed E-state index contributed by atoms with van der Waals surface area (Å²) in [7, 11) is -3.25. The molecule has 2 rings (SSSR count). The summed E-state index contributed by atoms with van der Waals surface area (Å²) >= 11 is 2.16. The van der Waals surface area contributed by atoms with E-state index in [2.05, 4.69) is 32.6 Å². The van der Waals surface area contributed by atoms with Crippen LogP contribution in [0, 0.1) is 3.57 Å². The first-order chi connectivity index (χ1) is 8.05. The summed E-state index contributed by atoms with van der Waals surface area (Å²) in [6, 6.07) is 7.45. The van der Waals surface area contributed by atoms with Crippen LogP contribution in [-0.4, -0.2) is 26.8 Å². The third-order valence-electron chi connectivity index (χ3n) is 2.68. The molecule has 0 radical (unpaired) electrons. The molecule has 1 saturated heterocycles. The van der Waals surface area contributed by atoms with Crippen molar-refractivity contribution in [1.82, 2.24) is 5.32 Å². The number of halogens is 1. The predicted octanol–water partition coefficient (Wildman–Crippen LogP) is 1.78. The Hall–Kier alpha value is -0.340. The lowest BCUT2D eigenvalue weighted by Crippen LogP contribution is -2.32. The number of sulfonamides is 1. The zero-order chi connectivity index (χ0) is 12.3. The fourth-order valence-electron chi connectivity index (χ4n) is 1.94. The van der Waals surface area contributed by atoms with Gasteiger partial charge in [-0.3, -0.25) is 4.72 Å². The maximum absolute atomic E-state index is 11.9. The predicted molar refractivity (Wildman–Crippen MR) is 77.6 cm³/mol. The number of nitrogens with one attached hydrogen (secondary N) is 2. The Morgan fingerprint density at radius 3 is 2.94 bits per heavy atom. The molecule has 1 unspecified atom stereocenters. The summed E-state index contributed by atoms with van der Waals surface area (Å²) in [5.41, 5.74) is 0.634. The van der Waals surface area contributed by atoms with Crippen molar-refractivity contribution in [3.05, 3.63) is 27.8 Å². The van der Waals surface area contributed by atoms with Gasteiger partial charge in [-0.25, -0.2) is 8.42 Å². The van der Waals surface area contributed by atoms with Crippen molar-refractivity contribution in [1.29, 1.82) is 0 Å². The van der Waals surface area contributed by atoms with E-state index in [9.17, 15) is 8.42 Å². The molecule has 6 heteroatoms. The van der Waals surface area contributed by atoms with Gasteiger partial charge in [0, 0.05) is 15.3 Å². The van der Waals surface area contributed by atoms with Crippen molar-refractivity contribution < 1.29 is 8.42 Å². The molecular weight excluding hydrogens is 351 g/mol. The van der Waals surface area contributed by atoms with Gasteiger partial charge in [-0.1, -0.05) is 6.07 Å². The van der Waals surface area contributed by atoms with Gasteiger partial charge in [0.15, 0.2) is 0 Å². The third kappa shape index (κ3) is 4.11. The van der Waals surface area contributed by atoms with Crippen molar-refractivity contribution in [2.45, 2.75) is 18.9 Å². The molecule has 94 valence electrons. The standard InChI is InChI=1S/C11H15IN2O2S/c12-9-3-1-4-10(7-9)14-17(15,16)8-11-5-2-6-13-11/h1,3-4,7,11,13-14H,2,5-6,8H2. The molecule has 0 aromatic heterocycles. The molecule has 1 heterocycles. The molecule has 1 aliphatic rings. The molecule has 0 spiro atoms. The molecule has 0 aliphatic carbocycles. The van der Waals surface area contributed by atoms with E-state index in [1.54, 1.807) is 6.07 Å². The average molecular weight is 366 g/mol. The number of rotatable bonds is 4. The fourth-order valence-corrected chi connectivity index (χ4v) is 3.86. The first kappa shape index (κ1) is 13.1. The minimum Gasteiger partial charge on any atom is -0.313 e. The lowest BCUT2D eigenvalue weighted by Gasteiger charge is -2.12. The van der Waals surface area contributed by atoms with Crippen molar-refractivity contribution in [3.63, 3.8) is 0 Å². The monoisotopic (exact) mass is 366 g/mol. The molecule has 1 fully saturated rings. The van der Waals surface area contributed by atoms with Gasteiger partial charge in [0.05, 0.1) is 5.75 Å². The van der Waals surface area contributed by atoms with Crippen molar-refractivity contribution in [2.75, 3.05) is 17.0 Å². The van der Waals surface area contributed by atoms with E-state index in [4.69, 9.17) is 0 Å². The largest absolute Gasteiger partial charge is 0.313 e. The zero-order valence-corrected chi connectivity index (χ0v) is 12.3. The Bertz CT molecular complexity index is 484. The highest BCUT2D eigenvalue weighted by Gasteiger charge is 2.21. The van der Waals surface area contributed by atoms with Gasteiger partial charge in [0.1, 0.15) is 0 Å². The lowest BCUT2D eigenvalue weighted by atomic mass is 10.3. The van der Waals surface area contributed by atoms with E-state index in [-0.39, 0.29) is 11.8 Å². The van der Waals surface area contributed by atoms with Crippen LogP contribution in [0.15, 0.2) is 24.3 Å². The minimum atomic E-state index is -3.25. The summed E-state index contributed by atoms with van der Waals surface area (Å²) in [4.78, 5) is 0. The summed E-state index contributed by atoms with van der Waals surface area (Å²) in [6.07, 6.45) is 2.00. The molecule has 0 bridgehead atoms. The van der Waals surface area contributed by atoms with Crippen LogP contribution in [0.25, 0.3) is 0 Å². The number of benzene rings is 1. The van der Waals surface area contributed by atoms with E-state index in [1.165, 1.54) is 0 Å². The third-order valence-corrected chi connectivity index (χ3v) is 4.74. The van der Waals surface area contributed by atoms with Crippen LogP contribution in [0.1, 0.15) is 12.8 Å². The van der Waals surface area contributed by atoms with Gasteiger partial charge in [0.25, 0.3) is 0 Å². The molecule has 1 aromatic carbocycles. The van der Waals surface area contributed by atoms with Crippen molar-refractivity contribution in [3.8, 4) is 0 Å². The van der Waals surface area contributed by atoms with Crippen LogP contribution in [0.3, 0.4) is 0 Å². The van der Waals surface area contributed by atoms with Gasteiger partial charge in [-0.2, -0.15) is 0 Å². The minimum absolute atomic E-state index is 0.0929. The normalized spacial score (nSPS) is 20.4. The Balaban J connectivity index is 2.01. The molecule has 17 heavy (non-hydrogen) atoms. The van der Waals surface area contributed by atoms with Crippen LogP contribution < -0.4 is 10.0 Å². The second-order valence-electron chi connectivity index (χ2n) is 4.19. The Morgan fingerprint density at radius 1 is 1.47 bits per heavy atom. The van der Waals surface area contributed by atoms with E-state index < -0.39 is 10.0 Å². The van der Waals surface area contributed by atoms with Gasteiger partial charge in [-0.05, 0) is 60.2 Å². The van der Waals surface area contributed by atoms with Gasteiger partial charge >= 0.3 is 0 Å². The number of anilines is 1. The smallest absolute Gasteiger partial charge is 0.234 e. The van der Waals surface area contributed by atoms with Crippen molar-refractivity contribution >= 4 is 38.3 Å². The van der Waals surface area contributed by atoms with Gasteiger partial charge in [0.2, 0.25) is 10.0 Å². The van der Waals surface area contributed by atoms with Crippen LogP contribution in [0.2, 0.25) is 0 Å². The Labute approximate surface area is 115 Å². The maximum Gasteiger partial charge on any atom is 0.234 e. The first-order valence-corrected chi connectivity index (χ1v) is 8.28. The highest BCUT2D eigenvalue weighted by Crippen LogP contribution is 2.15. The molecule has 2 N–H and O–H groups in total. The molecule has 1 atom stereocenters. The molecule has 0 saturated carbocycles. The number of hydrogen-bond acceptors (Lipinski definition) is 3. The average Bonchev–Trinajstić information content (AvgIpc) is 2.68. The maximum atomic E-state index is 11.9. The first-order valence-electron chi connectivity index (χ1n) is 5.55. The molecular formula is C11H15IN2O2S. The highest BCUT2D eigenvalue weighted by molar-refractivity contribution is 14.1. The van der Waals surface area contributed by atoms with E-state index in [0.717, 1.165) is 23.0 Å². The van der Waals surface area contributed by atoms with Gasteiger partial charge < -0.3 is 5.32 Å². The second kappa shape index (κ2) is 5.53. The molecule has 4 nitrogen and oxygen atoms in total. The molecule has 0 amide bonds. The summed E-state index contributed by atoms with van der Waals surface area (Å²) in [5.74, 6) is 0.151. The lowest BCUT2D eigenvalue weighted by molar-refractivity contribution is 0.582. The summed E-state index contributed by atoms with van der Waals surface area (Å²) in [6.45, 7) is 0.920. The van der Waals surface area contributed by atoms with E-state index in [1.807, 2.05) is 18.2 Å². The van der Waals surface area contributed by atoms with Crippen LogP contribution in [0.5, 0.6) is 0 Å². The summed E-state index contributed by atoms with van der Waals surface area (Å²) in [5, 5.41) is 3.19. The van der Waals surface area contributed by atoms with E-state index >= 15 is 0 Å². The van der Waals surface area contributed by atoms with Crippen LogP contribution >= 0.6 is 22.6 Å². The van der Waals surface area contributed by atoms with Crippen LogP contribution in [0.4, 0.5) is 5.69 Å². The van der Waals surface area contributed by atoms with Gasteiger partial charge in [-0.15, -0.1) is 0 Å². The highest BCUT2D eigenvalue weighted by atomic mass is 127. The van der Waals surface area contributed by atoms with E-state index in [0.29, 0.717) is 5.69 Å². The topological polar surface area (TPSA) is 58.2 Å².